The van der Waals surface area contributed by atoms with Crippen LogP contribution in [0.25, 0.3) is 0 Å². The normalized spacial score (nSPS) is 19.2. The molecule has 1 aliphatic carbocycles. The molecule has 0 bridgehead atoms. The molecule has 0 spiro atoms. The van der Waals surface area contributed by atoms with Crippen LogP contribution in [0.5, 0.6) is 0 Å². The van der Waals surface area contributed by atoms with Gasteiger partial charge in [-0.2, -0.15) is 0 Å². The first-order chi connectivity index (χ1) is 7.27. The van der Waals surface area contributed by atoms with Gasteiger partial charge in [0.2, 0.25) is 0 Å². The highest BCUT2D eigenvalue weighted by atomic mass is 15.1. The van der Waals surface area contributed by atoms with Crippen molar-refractivity contribution in [2.75, 3.05) is 13.6 Å². The highest BCUT2D eigenvalue weighted by Crippen LogP contribution is 2.25. The van der Waals surface area contributed by atoms with E-state index in [0.29, 0.717) is 0 Å². The summed E-state index contributed by atoms with van der Waals surface area (Å²) in [6, 6.07) is 0.922. The Hall–Kier alpha value is -0.0400. The Kier molecular flexibility index (Phi) is 6.31. The minimum absolute atomic E-state index is 0.922. The molecule has 0 aromatic heterocycles. The van der Waals surface area contributed by atoms with Crippen LogP contribution >= 0.6 is 0 Å². The molecule has 0 N–H and O–H groups in total. The molecule has 0 aliphatic heterocycles. The van der Waals surface area contributed by atoms with Crippen LogP contribution in [0, 0.1) is 5.92 Å². The second-order valence-electron chi connectivity index (χ2n) is 5.29. The van der Waals surface area contributed by atoms with Crippen LogP contribution < -0.4 is 0 Å². The number of unbranched alkanes of at least 4 members (excludes halogenated alkanes) is 2. The fourth-order valence-corrected chi connectivity index (χ4v) is 2.49. The van der Waals surface area contributed by atoms with Crippen LogP contribution in [-0.2, 0) is 0 Å². The largest absolute Gasteiger partial charge is 0.303 e. The summed E-state index contributed by atoms with van der Waals surface area (Å²) in [4.78, 5) is 2.61. The SMILES string of the molecule is CCCCCC(CC)CN(C)C1CCC1. The van der Waals surface area contributed by atoms with Gasteiger partial charge in [0.1, 0.15) is 0 Å². The number of hydrogen-bond acceptors (Lipinski definition) is 1. The van der Waals surface area contributed by atoms with Crippen molar-refractivity contribution in [3.05, 3.63) is 0 Å². The summed E-state index contributed by atoms with van der Waals surface area (Å²) >= 11 is 0. The van der Waals surface area contributed by atoms with Gasteiger partial charge in [-0.1, -0.05) is 46.0 Å². The zero-order chi connectivity index (χ0) is 11.1. The predicted octanol–water partition coefficient (Wildman–Crippen LogP) is 4.08. The monoisotopic (exact) mass is 211 g/mol. The van der Waals surface area contributed by atoms with Crippen LogP contribution in [0.4, 0.5) is 0 Å². The minimum atomic E-state index is 0.922. The smallest absolute Gasteiger partial charge is 0.00923 e. The lowest BCUT2D eigenvalue weighted by atomic mass is 9.90. The molecule has 1 atom stereocenters. The molecule has 0 saturated heterocycles. The first-order valence-corrected chi connectivity index (χ1v) is 6.98. The zero-order valence-electron chi connectivity index (χ0n) is 11.0. The van der Waals surface area contributed by atoms with Crippen molar-refractivity contribution in [2.45, 2.75) is 71.3 Å². The van der Waals surface area contributed by atoms with Crippen LogP contribution in [-0.4, -0.2) is 24.5 Å². The molecule has 1 saturated carbocycles. The molecular weight excluding hydrogens is 182 g/mol. The quantitative estimate of drug-likeness (QED) is 0.547. The topological polar surface area (TPSA) is 3.24 Å². The first-order valence-electron chi connectivity index (χ1n) is 6.98. The maximum absolute atomic E-state index is 2.61. The fourth-order valence-electron chi connectivity index (χ4n) is 2.49. The van der Waals surface area contributed by atoms with Gasteiger partial charge in [0, 0.05) is 12.6 Å². The summed E-state index contributed by atoms with van der Waals surface area (Å²) in [6.07, 6.45) is 11.4. The highest BCUT2D eigenvalue weighted by Gasteiger charge is 2.23. The summed E-state index contributed by atoms with van der Waals surface area (Å²) in [7, 11) is 2.33. The molecule has 90 valence electrons. The fraction of sp³-hybridized carbons (Fsp3) is 1.00. The van der Waals surface area contributed by atoms with Crippen molar-refractivity contribution in [2.24, 2.45) is 5.92 Å². The Morgan fingerprint density at radius 1 is 1.20 bits per heavy atom. The van der Waals surface area contributed by atoms with Crippen LogP contribution in [0.15, 0.2) is 0 Å². The number of rotatable bonds is 8. The van der Waals surface area contributed by atoms with Gasteiger partial charge in [-0.3, -0.25) is 0 Å². The third kappa shape index (κ3) is 4.55. The number of hydrogen-bond donors (Lipinski definition) is 0. The summed E-state index contributed by atoms with van der Waals surface area (Å²) in [6.45, 7) is 5.98. The maximum Gasteiger partial charge on any atom is 0.00923 e. The predicted molar refractivity (Wildman–Crippen MR) is 68.2 cm³/mol. The lowest BCUT2D eigenvalue weighted by Crippen LogP contribution is -2.39. The van der Waals surface area contributed by atoms with E-state index in [-0.39, 0.29) is 0 Å². The summed E-state index contributed by atoms with van der Waals surface area (Å²) < 4.78 is 0. The lowest BCUT2D eigenvalue weighted by molar-refractivity contribution is 0.133. The van der Waals surface area contributed by atoms with E-state index in [1.54, 1.807) is 0 Å². The molecule has 0 aromatic carbocycles. The van der Waals surface area contributed by atoms with Gasteiger partial charge in [-0.25, -0.2) is 0 Å². The average Bonchev–Trinajstić information content (AvgIpc) is 2.13. The number of nitrogens with zero attached hydrogens (tertiary/aromatic N) is 1. The summed E-state index contributed by atoms with van der Waals surface area (Å²) in [5.74, 6) is 0.946. The standard InChI is InChI=1S/C14H29N/c1-4-6-7-9-13(5-2)12-15(3)14-10-8-11-14/h13-14H,4-12H2,1-3H3. The van der Waals surface area contributed by atoms with Gasteiger partial charge in [-0.15, -0.1) is 0 Å². The molecule has 1 heteroatoms. The van der Waals surface area contributed by atoms with Crippen molar-refractivity contribution >= 4 is 0 Å². The van der Waals surface area contributed by atoms with Crippen molar-refractivity contribution in [3.63, 3.8) is 0 Å². The van der Waals surface area contributed by atoms with Crippen LogP contribution in [0.1, 0.15) is 65.2 Å². The second kappa shape index (κ2) is 7.27. The molecule has 1 rings (SSSR count). The van der Waals surface area contributed by atoms with Crippen molar-refractivity contribution < 1.29 is 0 Å². The molecule has 1 unspecified atom stereocenters. The van der Waals surface area contributed by atoms with Gasteiger partial charge in [0.05, 0.1) is 0 Å². The summed E-state index contributed by atoms with van der Waals surface area (Å²) in [5.41, 5.74) is 0. The van der Waals surface area contributed by atoms with Gasteiger partial charge in [0.25, 0.3) is 0 Å². The molecular formula is C14H29N. The molecule has 1 nitrogen and oxygen atoms in total. The lowest BCUT2D eigenvalue weighted by Gasteiger charge is -2.36. The van der Waals surface area contributed by atoms with E-state index in [1.165, 1.54) is 57.9 Å². The molecule has 0 aromatic rings. The molecule has 0 heterocycles. The Balaban J connectivity index is 2.13. The molecule has 1 fully saturated rings. The Morgan fingerprint density at radius 3 is 2.40 bits per heavy atom. The second-order valence-corrected chi connectivity index (χ2v) is 5.29. The minimum Gasteiger partial charge on any atom is -0.303 e. The van der Waals surface area contributed by atoms with Gasteiger partial charge in [-0.05, 0) is 32.2 Å². The van der Waals surface area contributed by atoms with E-state index in [2.05, 4.69) is 25.8 Å². The van der Waals surface area contributed by atoms with Crippen LogP contribution in [0.2, 0.25) is 0 Å². The van der Waals surface area contributed by atoms with Crippen molar-refractivity contribution in [1.29, 1.82) is 0 Å². The molecule has 0 radical (unpaired) electrons. The van der Waals surface area contributed by atoms with E-state index in [9.17, 15) is 0 Å². The Bertz CT molecular complexity index is 151. The van der Waals surface area contributed by atoms with E-state index >= 15 is 0 Å². The molecule has 0 amide bonds. The highest BCUT2D eigenvalue weighted by molar-refractivity contribution is 4.79. The summed E-state index contributed by atoms with van der Waals surface area (Å²) in [5, 5.41) is 0. The third-order valence-corrected chi connectivity index (χ3v) is 4.04. The molecule has 1 aliphatic rings. The first kappa shape index (κ1) is 13.0. The Labute approximate surface area is 96.2 Å². The third-order valence-electron chi connectivity index (χ3n) is 4.04. The average molecular weight is 211 g/mol. The van der Waals surface area contributed by atoms with E-state index in [0.717, 1.165) is 12.0 Å². The maximum atomic E-state index is 2.61. The van der Waals surface area contributed by atoms with Gasteiger partial charge < -0.3 is 4.90 Å². The van der Waals surface area contributed by atoms with E-state index < -0.39 is 0 Å². The Morgan fingerprint density at radius 2 is 1.93 bits per heavy atom. The van der Waals surface area contributed by atoms with Crippen LogP contribution in [0.3, 0.4) is 0 Å². The molecule has 15 heavy (non-hydrogen) atoms. The zero-order valence-corrected chi connectivity index (χ0v) is 11.0. The van der Waals surface area contributed by atoms with Crippen molar-refractivity contribution in [1.82, 2.24) is 4.90 Å². The van der Waals surface area contributed by atoms with Gasteiger partial charge in [0.15, 0.2) is 0 Å². The van der Waals surface area contributed by atoms with Gasteiger partial charge >= 0.3 is 0 Å². The van der Waals surface area contributed by atoms with E-state index in [4.69, 9.17) is 0 Å². The van der Waals surface area contributed by atoms with E-state index in [1.807, 2.05) is 0 Å². The van der Waals surface area contributed by atoms with Crippen molar-refractivity contribution in [3.8, 4) is 0 Å².